The minimum absolute atomic E-state index is 0.00360. The highest BCUT2D eigenvalue weighted by Crippen LogP contribution is 2.28. The maximum atomic E-state index is 13.7. The molecule has 2 N–H and O–H groups in total. The number of halogens is 1. The summed E-state index contributed by atoms with van der Waals surface area (Å²) in [6.45, 7) is 1.56. The lowest BCUT2D eigenvalue weighted by atomic mass is 10.1. The number of anilines is 1. The van der Waals surface area contributed by atoms with E-state index in [4.69, 9.17) is 15.2 Å². The average Bonchev–Trinajstić information content (AvgIpc) is 2.81. The van der Waals surface area contributed by atoms with E-state index in [0.717, 1.165) is 5.69 Å². The Bertz CT molecular complexity index is 402. The molecule has 1 saturated heterocycles. The van der Waals surface area contributed by atoms with Crippen molar-refractivity contribution in [2.24, 2.45) is 5.73 Å². The summed E-state index contributed by atoms with van der Waals surface area (Å²) in [5.41, 5.74) is 7.00. The minimum Gasteiger partial charge on any atom is -0.377 e. The molecule has 5 heteroatoms. The van der Waals surface area contributed by atoms with E-state index in [1.165, 1.54) is 6.07 Å². The summed E-state index contributed by atoms with van der Waals surface area (Å²) in [5.74, 6) is -0.259. The summed E-state index contributed by atoms with van der Waals surface area (Å²) in [6.07, 6.45) is 0.00721. The van der Waals surface area contributed by atoms with Gasteiger partial charge in [0.15, 0.2) is 0 Å². The average molecular weight is 254 g/mol. The van der Waals surface area contributed by atoms with Crippen LogP contribution < -0.4 is 10.6 Å². The van der Waals surface area contributed by atoms with Gasteiger partial charge in [0.25, 0.3) is 0 Å². The lowest BCUT2D eigenvalue weighted by Gasteiger charge is -2.21. The van der Waals surface area contributed by atoms with Crippen molar-refractivity contribution < 1.29 is 13.9 Å². The van der Waals surface area contributed by atoms with Gasteiger partial charge in [0.2, 0.25) is 0 Å². The Hall–Kier alpha value is -1.17. The zero-order valence-electron chi connectivity index (χ0n) is 10.7. The lowest BCUT2D eigenvalue weighted by Crippen LogP contribution is -2.27. The number of ether oxygens (including phenoxy) is 2. The zero-order chi connectivity index (χ0) is 13.1. The third-order valence-corrected chi connectivity index (χ3v) is 3.46. The number of hydrogen-bond acceptors (Lipinski definition) is 4. The molecule has 0 radical (unpaired) electrons. The number of nitrogens with zero attached hydrogens (tertiary/aromatic N) is 1. The summed E-state index contributed by atoms with van der Waals surface area (Å²) in [6, 6.07) is 5.02. The number of hydrogen-bond donors (Lipinski definition) is 1. The molecule has 0 saturated carbocycles. The van der Waals surface area contributed by atoms with E-state index in [2.05, 4.69) is 4.90 Å². The molecule has 2 atom stereocenters. The van der Waals surface area contributed by atoms with Crippen molar-refractivity contribution in [3.05, 3.63) is 29.6 Å². The van der Waals surface area contributed by atoms with Crippen LogP contribution >= 0.6 is 0 Å². The molecule has 1 heterocycles. The van der Waals surface area contributed by atoms with Crippen molar-refractivity contribution in [1.29, 1.82) is 0 Å². The van der Waals surface area contributed by atoms with Crippen molar-refractivity contribution in [3.63, 3.8) is 0 Å². The first-order valence-corrected chi connectivity index (χ1v) is 5.99. The summed E-state index contributed by atoms with van der Waals surface area (Å²) >= 11 is 0. The van der Waals surface area contributed by atoms with Gasteiger partial charge in [-0.15, -0.1) is 0 Å². The molecule has 2 unspecified atom stereocenters. The molecule has 0 amide bonds. The minimum atomic E-state index is -0.259. The topological polar surface area (TPSA) is 47.7 Å². The van der Waals surface area contributed by atoms with Crippen LogP contribution in [-0.2, 0) is 16.0 Å². The van der Waals surface area contributed by atoms with Crippen LogP contribution in [0.5, 0.6) is 0 Å². The van der Waals surface area contributed by atoms with Gasteiger partial charge < -0.3 is 20.1 Å². The standard InChI is InChI=1S/C13H19FN2O2/c1-17-12-7-16(8-13(12)18-2)11-5-3-4-10(14)9(11)6-15/h3-5,12-13H,6-8,15H2,1-2H3. The summed E-state index contributed by atoms with van der Waals surface area (Å²) < 4.78 is 24.4. The first-order valence-electron chi connectivity index (χ1n) is 5.99. The Morgan fingerprint density at radius 3 is 2.39 bits per heavy atom. The molecule has 1 aliphatic rings. The number of methoxy groups -OCH3 is 2. The van der Waals surface area contributed by atoms with Crippen LogP contribution in [0.2, 0.25) is 0 Å². The SMILES string of the molecule is COC1CN(c2cccc(F)c2CN)CC1OC. The molecule has 100 valence electrons. The normalized spacial score (nSPS) is 23.7. The van der Waals surface area contributed by atoms with Crippen LogP contribution in [0.25, 0.3) is 0 Å². The van der Waals surface area contributed by atoms with Gasteiger partial charge in [0.05, 0.1) is 0 Å². The number of benzene rings is 1. The highest BCUT2D eigenvalue weighted by atomic mass is 19.1. The molecular formula is C13H19FN2O2. The van der Waals surface area contributed by atoms with Crippen LogP contribution in [0.1, 0.15) is 5.56 Å². The van der Waals surface area contributed by atoms with E-state index in [0.29, 0.717) is 18.7 Å². The second-order valence-corrected chi connectivity index (χ2v) is 4.39. The monoisotopic (exact) mass is 254 g/mol. The molecule has 1 aliphatic heterocycles. The fourth-order valence-electron chi connectivity index (χ4n) is 2.44. The number of nitrogens with two attached hydrogens (primary N) is 1. The molecule has 1 aromatic carbocycles. The fraction of sp³-hybridized carbons (Fsp3) is 0.538. The lowest BCUT2D eigenvalue weighted by molar-refractivity contribution is -0.00461. The maximum absolute atomic E-state index is 13.7. The third kappa shape index (κ3) is 2.34. The van der Waals surface area contributed by atoms with Crippen LogP contribution in [0, 0.1) is 5.82 Å². The van der Waals surface area contributed by atoms with Gasteiger partial charge in [-0.05, 0) is 12.1 Å². The molecule has 2 rings (SSSR count). The molecule has 1 fully saturated rings. The molecule has 4 nitrogen and oxygen atoms in total. The predicted octanol–water partition coefficient (Wildman–Crippen LogP) is 1.13. The van der Waals surface area contributed by atoms with E-state index >= 15 is 0 Å². The van der Waals surface area contributed by atoms with Gasteiger partial charge in [-0.3, -0.25) is 0 Å². The van der Waals surface area contributed by atoms with E-state index in [-0.39, 0.29) is 24.6 Å². The van der Waals surface area contributed by atoms with Crippen LogP contribution in [0.3, 0.4) is 0 Å². The Morgan fingerprint density at radius 2 is 1.89 bits per heavy atom. The Labute approximate surface area is 106 Å². The number of rotatable bonds is 4. The van der Waals surface area contributed by atoms with Crippen molar-refractivity contribution in [2.45, 2.75) is 18.8 Å². The van der Waals surface area contributed by atoms with Gasteiger partial charge in [0.1, 0.15) is 18.0 Å². The van der Waals surface area contributed by atoms with Crippen LogP contribution in [0.4, 0.5) is 10.1 Å². The van der Waals surface area contributed by atoms with E-state index in [1.54, 1.807) is 20.3 Å². The van der Waals surface area contributed by atoms with Gasteiger partial charge in [-0.25, -0.2) is 4.39 Å². The summed E-state index contributed by atoms with van der Waals surface area (Å²) in [7, 11) is 3.32. The molecule has 0 aliphatic carbocycles. The maximum Gasteiger partial charge on any atom is 0.129 e. The highest BCUT2D eigenvalue weighted by molar-refractivity contribution is 5.55. The highest BCUT2D eigenvalue weighted by Gasteiger charge is 2.34. The van der Waals surface area contributed by atoms with Crippen molar-refractivity contribution >= 4 is 5.69 Å². The first kappa shape index (κ1) is 13.3. The van der Waals surface area contributed by atoms with Gasteiger partial charge in [-0.1, -0.05) is 6.07 Å². The second-order valence-electron chi connectivity index (χ2n) is 4.39. The van der Waals surface area contributed by atoms with E-state index in [1.807, 2.05) is 6.07 Å². The van der Waals surface area contributed by atoms with Gasteiger partial charge in [0, 0.05) is 45.1 Å². The van der Waals surface area contributed by atoms with Gasteiger partial charge in [-0.2, -0.15) is 0 Å². The fourth-order valence-corrected chi connectivity index (χ4v) is 2.44. The molecule has 0 aromatic heterocycles. The van der Waals surface area contributed by atoms with Crippen molar-refractivity contribution in [3.8, 4) is 0 Å². The first-order chi connectivity index (χ1) is 8.71. The van der Waals surface area contributed by atoms with Gasteiger partial charge >= 0.3 is 0 Å². The van der Waals surface area contributed by atoms with E-state index < -0.39 is 0 Å². The Morgan fingerprint density at radius 1 is 1.28 bits per heavy atom. The van der Waals surface area contributed by atoms with Crippen LogP contribution in [-0.4, -0.2) is 39.5 Å². The smallest absolute Gasteiger partial charge is 0.129 e. The summed E-state index contributed by atoms with van der Waals surface area (Å²) in [4.78, 5) is 2.06. The molecule has 1 aromatic rings. The quantitative estimate of drug-likeness (QED) is 0.875. The summed E-state index contributed by atoms with van der Waals surface area (Å²) in [5, 5.41) is 0. The molecule has 18 heavy (non-hydrogen) atoms. The molecular weight excluding hydrogens is 235 g/mol. The second kappa shape index (κ2) is 5.65. The third-order valence-electron chi connectivity index (χ3n) is 3.46. The van der Waals surface area contributed by atoms with Crippen molar-refractivity contribution in [1.82, 2.24) is 0 Å². The predicted molar refractivity (Wildman–Crippen MR) is 68.1 cm³/mol. The van der Waals surface area contributed by atoms with Crippen LogP contribution in [0.15, 0.2) is 18.2 Å². The zero-order valence-corrected chi connectivity index (χ0v) is 10.7. The van der Waals surface area contributed by atoms with E-state index in [9.17, 15) is 4.39 Å². The Balaban J connectivity index is 2.25. The molecule has 0 bridgehead atoms. The largest absolute Gasteiger partial charge is 0.377 e. The molecule has 0 spiro atoms. The van der Waals surface area contributed by atoms with Crippen molar-refractivity contribution in [2.75, 3.05) is 32.2 Å². The Kier molecular flexibility index (Phi) is 4.16.